The number of hydrogen-bond acceptors (Lipinski definition) is 2. The zero-order chi connectivity index (χ0) is 38.9. The third-order valence-electron chi connectivity index (χ3n) is 11.9. The summed E-state index contributed by atoms with van der Waals surface area (Å²) in [5, 5.41) is 9.57. The van der Waals surface area contributed by atoms with Crippen molar-refractivity contribution in [3.05, 3.63) is 218 Å². The Morgan fingerprint density at radius 2 is 0.949 bits per heavy atom. The zero-order valence-electron chi connectivity index (χ0n) is 32.1. The number of nitrogens with zero attached hydrogens (tertiary/aromatic N) is 2. The maximum absolute atomic E-state index is 6.68. The molecule has 0 saturated carbocycles. The normalized spacial score (nSPS) is 11.7. The van der Waals surface area contributed by atoms with Crippen LogP contribution in [0.15, 0.2) is 223 Å². The number of fused-ring (bicyclic) bond motifs is 9. The van der Waals surface area contributed by atoms with Gasteiger partial charge in [-0.15, -0.1) is 0 Å². The lowest BCUT2D eigenvalue weighted by atomic mass is 9.91. The molecule has 2 heterocycles. The number of anilines is 3. The summed E-state index contributed by atoms with van der Waals surface area (Å²) >= 11 is 0. The highest BCUT2D eigenvalue weighted by atomic mass is 16.3. The highest BCUT2D eigenvalue weighted by molar-refractivity contribution is 6.19. The molecular weight excluding hydrogens is 717 g/mol. The summed E-state index contributed by atoms with van der Waals surface area (Å²) in [6.45, 7) is 0. The smallest absolute Gasteiger partial charge is 0.137 e. The molecule has 3 nitrogen and oxygen atoms in total. The van der Waals surface area contributed by atoms with Gasteiger partial charge in [-0.25, -0.2) is 0 Å². The van der Waals surface area contributed by atoms with Gasteiger partial charge in [-0.1, -0.05) is 152 Å². The predicted octanol–water partition coefficient (Wildman–Crippen LogP) is 15.8. The fourth-order valence-corrected chi connectivity index (χ4v) is 9.33. The summed E-state index contributed by atoms with van der Waals surface area (Å²) in [6.07, 6.45) is 0. The van der Waals surface area contributed by atoms with Crippen molar-refractivity contribution >= 4 is 82.4 Å². The topological polar surface area (TPSA) is 21.3 Å². The van der Waals surface area contributed by atoms with Crippen LogP contribution in [-0.2, 0) is 0 Å². The minimum Gasteiger partial charge on any atom is -0.456 e. The van der Waals surface area contributed by atoms with E-state index in [9.17, 15) is 0 Å². The Morgan fingerprint density at radius 3 is 1.78 bits per heavy atom. The van der Waals surface area contributed by atoms with Gasteiger partial charge in [0, 0.05) is 50.4 Å². The van der Waals surface area contributed by atoms with Gasteiger partial charge in [0.1, 0.15) is 11.2 Å². The maximum Gasteiger partial charge on any atom is 0.137 e. The van der Waals surface area contributed by atoms with Crippen LogP contribution in [0.1, 0.15) is 0 Å². The second-order valence-corrected chi connectivity index (χ2v) is 15.3. The number of furan rings is 1. The van der Waals surface area contributed by atoms with E-state index in [0.29, 0.717) is 0 Å². The van der Waals surface area contributed by atoms with Crippen LogP contribution < -0.4 is 4.90 Å². The van der Waals surface area contributed by atoms with E-state index in [0.717, 1.165) is 55.8 Å². The van der Waals surface area contributed by atoms with Gasteiger partial charge in [-0.2, -0.15) is 0 Å². The molecule has 0 amide bonds. The van der Waals surface area contributed by atoms with E-state index >= 15 is 0 Å². The van der Waals surface area contributed by atoms with Crippen LogP contribution in [0.25, 0.3) is 93.2 Å². The van der Waals surface area contributed by atoms with Crippen molar-refractivity contribution < 1.29 is 4.42 Å². The fraction of sp³-hybridized carbons (Fsp3) is 0. The Labute approximate surface area is 341 Å². The van der Waals surface area contributed by atoms with Crippen molar-refractivity contribution in [1.29, 1.82) is 0 Å². The number of rotatable bonds is 6. The molecule has 12 aromatic rings. The minimum absolute atomic E-state index is 0.857. The molecule has 12 rings (SSSR count). The SMILES string of the molecule is c1ccc(-c2cccc3cccc(-c4cccc(N(c5ccc6c(c5)oc5ccc7ccccc7c56)c5ccc6c7ccccc7n(-c7ccccc7)c6c5)c4)c23)cc1. The molecule has 0 aliphatic rings. The summed E-state index contributed by atoms with van der Waals surface area (Å²) in [4.78, 5) is 2.38. The molecule has 0 aliphatic heterocycles. The van der Waals surface area contributed by atoms with E-state index in [1.165, 1.54) is 54.5 Å². The van der Waals surface area contributed by atoms with Crippen molar-refractivity contribution in [2.24, 2.45) is 0 Å². The van der Waals surface area contributed by atoms with Gasteiger partial charge in [-0.3, -0.25) is 0 Å². The molecule has 0 bridgehead atoms. The molecule has 2 aromatic heterocycles. The van der Waals surface area contributed by atoms with Gasteiger partial charge in [0.15, 0.2) is 0 Å². The molecule has 59 heavy (non-hydrogen) atoms. The van der Waals surface area contributed by atoms with E-state index in [1.54, 1.807) is 0 Å². The van der Waals surface area contributed by atoms with Crippen LogP contribution in [0.5, 0.6) is 0 Å². The molecule has 0 spiro atoms. The van der Waals surface area contributed by atoms with Crippen LogP contribution in [0, 0.1) is 0 Å². The van der Waals surface area contributed by atoms with Gasteiger partial charge in [0.25, 0.3) is 0 Å². The summed E-state index contributed by atoms with van der Waals surface area (Å²) in [6, 6.07) is 78.7. The van der Waals surface area contributed by atoms with E-state index in [-0.39, 0.29) is 0 Å². The predicted molar refractivity (Wildman–Crippen MR) is 249 cm³/mol. The summed E-state index contributed by atoms with van der Waals surface area (Å²) in [7, 11) is 0. The molecule has 0 aliphatic carbocycles. The molecule has 0 fully saturated rings. The van der Waals surface area contributed by atoms with Crippen molar-refractivity contribution in [1.82, 2.24) is 4.57 Å². The standard InChI is InChI=1S/C56H36N2O/c1-3-14-37(15-4-1)45-25-12-17-39-18-13-26-47(55(39)45)40-19-11-22-42(34-40)57(44-30-32-50-54(36-44)59-53-33-28-38-16-7-8-23-46(38)56(50)53)43-29-31-49-48-24-9-10-27-51(48)58(52(49)35-43)41-20-5-2-6-21-41/h1-36H. The lowest BCUT2D eigenvalue weighted by Gasteiger charge is -2.26. The first-order valence-electron chi connectivity index (χ1n) is 20.2. The molecule has 276 valence electrons. The van der Waals surface area contributed by atoms with Gasteiger partial charge >= 0.3 is 0 Å². The molecule has 0 radical (unpaired) electrons. The van der Waals surface area contributed by atoms with Gasteiger partial charge in [0.05, 0.1) is 11.0 Å². The summed E-state index contributed by atoms with van der Waals surface area (Å²) in [5.74, 6) is 0. The monoisotopic (exact) mass is 752 g/mol. The highest BCUT2D eigenvalue weighted by Crippen LogP contribution is 2.44. The molecule has 10 aromatic carbocycles. The first kappa shape index (κ1) is 33.3. The zero-order valence-corrected chi connectivity index (χ0v) is 32.1. The van der Waals surface area contributed by atoms with Gasteiger partial charge in [-0.05, 0) is 104 Å². The Kier molecular flexibility index (Phi) is 7.54. The first-order valence-corrected chi connectivity index (χ1v) is 20.2. The summed E-state index contributed by atoms with van der Waals surface area (Å²) < 4.78 is 9.06. The second kappa shape index (κ2) is 13.4. The quantitative estimate of drug-likeness (QED) is 0.169. The Balaban J connectivity index is 1.10. The van der Waals surface area contributed by atoms with Gasteiger partial charge < -0.3 is 13.9 Å². The minimum atomic E-state index is 0.857. The second-order valence-electron chi connectivity index (χ2n) is 15.3. The average Bonchev–Trinajstić information content (AvgIpc) is 3.85. The van der Waals surface area contributed by atoms with Crippen LogP contribution in [0.4, 0.5) is 17.1 Å². The Morgan fingerprint density at radius 1 is 0.339 bits per heavy atom. The number of aromatic nitrogens is 1. The first-order chi connectivity index (χ1) is 29.3. The van der Waals surface area contributed by atoms with Crippen molar-refractivity contribution in [2.75, 3.05) is 4.90 Å². The summed E-state index contributed by atoms with van der Waals surface area (Å²) in [5.41, 5.74) is 13.1. The molecule has 3 heteroatoms. The Bertz CT molecular complexity index is 3560. The molecule has 0 unspecified atom stereocenters. The van der Waals surface area contributed by atoms with E-state index in [2.05, 4.69) is 228 Å². The number of hydrogen-bond donors (Lipinski definition) is 0. The van der Waals surface area contributed by atoms with Crippen molar-refractivity contribution in [3.8, 4) is 27.9 Å². The maximum atomic E-state index is 6.68. The van der Waals surface area contributed by atoms with Crippen molar-refractivity contribution in [2.45, 2.75) is 0 Å². The van der Waals surface area contributed by atoms with Crippen LogP contribution >= 0.6 is 0 Å². The molecular formula is C56H36N2O. The average molecular weight is 753 g/mol. The number of benzene rings is 10. The van der Waals surface area contributed by atoms with Gasteiger partial charge in [0.2, 0.25) is 0 Å². The largest absolute Gasteiger partial charge is 0.456 e. The van der Waals surface area contributed by atoms with Crippen LogP contribution in [-0.4, -0.2) is 4.57 Å². The van der Waals surface area contributed by atoms with Crippen LogP contribution in [0.3, 0.4) is 0 Å². The van der Waals surface area contributed by atoms with E-state index in [4.69, 9.17) is 4.42 Å². The lowest BCUT2D eigenvalue weighted by Crippen LogP contribution is -2.10. The van der Waals surface area contributed by atoms with E-state index in [1.807, 2.05) is 0 Å². The number of para-hydroxylation sites is 2. The Hall–Kier alpha value is -7.88. The van der Waals surface area contributed by atoms with Crippen molar-refractivity contribution in [3.63, 3.8) is 0 Å². The lowest BCUT2D eigenvalue weighted by molar-refractivity contribution is 0.669. The van der Waals surface area contributed by atoms with E-state index < -0.39 is 0 Å². The van der Waals surface area contributed by atoms with Crippen LogP contribution in [0.2, 0.25) is 0 Å². The third-order valence-corrected chi connectivity index (χ3v) is 11.9. The molecule has 0 N–H and O–H groups in total. The third kappa shape index (κ3) is 5.36. The fourth-order valence-electron chi connectivity index (χ4n) is 9.33. The molecule has 0 atom stereocenters. The molecule has 0 saturated heterocycles. The highest BCUT2D eigenvalue weighted by Gasteiger charge is 2.21.